The summed E-state index contributed by atoms with van der Waals surface area (Å²) in [5.74, 6) is -0.398. The molecule has 0 bridgehead atoms. The van der Waals surface area contributed by atoms with Crippen LogP contribution in [0.1, 0.15) is 61.0 Å². The van der Waals surface area contributed by atoms with Gasteiger partial charge in [0.15, 0.2) is 0 Å². The molecule has 2 aliphatic carbocycles. The summed E-state index contributed by atoms with van der Waals surface area (Å²) in [6, 6.07) is 23.8. The molecule has 1 N–H and O–H groups in total. The fourth-order valence-corrected chi connectivity index (χ4v) is 5.94. The van der Waals surface area contributed by atoms with Crippen LogP contribution in [0.25, 0.3) is 22.0 Å². The van der Waals surface area contributed by atoms with Crippen LogP contribution in [-0.4, -0.2) is 16.5 Å². The lowest BCUT2D eigenvalue weighted by Gasteiger charge is -2.54. The molecule has 6 rings (SSSR count). The molecule has 2 fully saturated rings. The Kier molecular flexibility index (Phi) is 5.05. The molecule has 1 amide bonds. The monoisotopic (exact) mass is 452 g/mol. The van der Waals surface area contributed by atoms with E-state index in [9.17, 15) is 9.18 Å². The number of carbonyl (C=O) groups excluding carboxylic acids is 1. The normalized spacial score (nSPS) is 17.8. The number of rotatable bonds is 5. The van der Waals surface area contributed by atoms with Gasteiger partial charge in [0, 0.05) is 17.6 Å². The summed E-state index contributed by atoms with van der Waals surface area (Å²) in [5.41, 5.74) is 5.15. The van der Waals surface area contributed by atoms with E-state index in [0.717, 1.165) is 24.0 Å². The lowest BCUT2D eigenvalue weighted by molar-refractivity contribution is -0.000603. The molecule has 0 aliphatic heterocycles. The number of hydrogen-bond acceptors (Lipinski definition) is 1. The third-order valence-corrected chi connectivity index (χ3v) is 8.09. The van der Waals surface area contributed by atoms with Gasteiger partial charge in [0.1, 0.15) is 5.82 Å². The van der Waals surface area contributed by atoms with E-state index in [1.807, 2.05) is 29.0 Å². The molecule has 2 saturated carbocycles. The van der Waals surface area contributed by atoms with Gasteiger partial charge in [-0.05, 0) is 72.9 Å². The van der Waals surface area contributed by atoms with Crippen molar-refractivity contribution in [3.05, 3.63) is 95.9 Å². The van der Waals surface area contributed by atoms with Crippen molar-refractivity contribution in [2.45, 2.75) is 51.1 Å². The molecule has 1 atom stereocenters. The number of nitrogens with one attached hydrogen (secondary N) is 1. The third-order valence-electron chi connectivity index (χ3n) is 8.09. The molecular formula is C30H29FN2O. The molecule has 1 aromatic heterocycles. The highest BCUT2D eigenvalue weighted by molar-refractivity contribution is 6.06. The van der Waals surface area contributed by atoms with Crippen molar-refractivity contribution in [1.29, 1.82) is 0 Å². The summed E-state index contributed by atoms with van der Waals surface area (Å²) in [6.45, 7) is 2.09. The van der Waals surface area contributed by atoms with E-state index in [1.165, 1.54) is 30.9 Å². The van der Waals surface area contributed by atoms with Crippen molar-refractivity contribution in [1.82, 2.24) is 9.88 Å². The molecule has 0 unspecified atom stereocenters. The maximum absolute atomic E-state index is 14.7. The average Bonchev–Trinajstić information content (AvgIpc) is 3.26. The van der Waals surface area contributed by atoms with Crippen molar-refractivity contribution >= 4 is 16.8 Å². The second-order valence-electron chi connectivity index (χ2n) is 10.2. The second kappa shape index (κ2) is 8.12. The van der Waals surface area contributed by atoms with Gasteiger partial charge in [0.05, 0.1) is 17.1 Å². The number of aromatic nitrogens is 1. The molecule has 2 aliphatic rings. The van der Waals surface area contributed by atoms with Crippen LogP contribution in [0.4, 0.5) is 4.39 Å². The molecule has 172 valence electrons. The van der Waals surface area contributed by atoms with Crippen molar-refractivity contribution in [3.8, 4) is 11.1 Å². The number of amides is 1. The van der Waals surface area contributed by atoms with E-state index >= 15 is 0 Å². The predicted octanol–water partition coefficient (Wildman–Crippen LogP) is 7.12. The van der Waals surface area contributed by atoms with Gasteiger partial charge in [-0.3, -0.25) is 4.79 Å². The summed E-state index contributed by atoms with van der Waals surface area (Å²) in [5, 5.41) is 3.70. The molecule has 1 heterocycles. The maximum atomic E-state index is 14.7. The standard InChI is InChI=1S/C30H29FN2O/c1-20(21-8-10-23(11-9-21)22-6-3-2-4-7-22)33-17-14-25-27(31)13-12-26(28(25)33)29(34)32-24-18-30(19-24)15-5-16-30/h2-4,6-14,17,20,24H,5,15-16,18-19H2,1H3,(H,32,34)/t20-/m0/s1. The van der Waals surface area contributed by atoms with Crippen LogP contribution in [0.5, 0.6) is 0 Å². The van der Waals surface area contributed by atoms with Gasteiger partial charge >= 0.3 is 0 Å². The number of halogens is 1. The quantitative estimate of drug-likeness (QED) is 0.344. The smallest absolute Gasteiger partial charge is 0.253 e. The zero-order chi connectivity index (χ0) is 23.3. The van der Waals surface area contributed by atoms with Gasteiger partial charge in [0.25, 0.3) is 5.91 Å². The second-order valence-corrected chi connectivity index (χ2v) is 10.2. The Labute approximate surface area is 199 Å². The van der Waals surface area contributed by atoms with E-state index in [2.05, 4.69) is 48.6 Å². The van der Waals surface area contributed by atoms with Crippen LogP contribution in [0.3, 0.4) is 0 Å². The first-order chi connectivity index (χ1) is 16.5. The minimum Gasteiger partial charge on any atom is -0.349 e. The summed E-state index contributed by atoms with van der Waals surface area (Å²) < 4.78 is 16.7. The van der Waals surface area contributed by atoms with Gasteiger partial charge in [-0.15, -0.1) is 0 Å². The Balaban J connectivity index is 1.29. The highest BCUT2D eigenvalue weighted by Gasteiger charge is 2.48. The highest BCUT2D eigenvalue weighted by atomic mass is 19.1. The Morgan fingerprint density at radius 2 is 1.68 bits per heavy atom. The van der Waals surface area contributed by atoms with Crippen molar-refractivity contribution in [2.75, 3.05) is 0 Å². The van der Waals surface area contributed by atoms with Gasteiger partial charge < -0.3 is 9.88 Å². The number of fused-ring (bicyclic) bond motifs is 1. The Morgan fingerprint density at radius 3 is 2.35 bits per heavy atom. The number of benzene rings is 3. The predicted molar refractivity (Wildman–Crippen MR) is 134 cm³/mol. The first-order valence-corrected chi connectivity index (χ1v) is 12.3. The van der Waals surface area contributed by atoms with E-state index in [4.69, 9.17) is 0 Å². The molecule has 4 heteroatoms. The molecule has 4 aromatic rings. The summed E-state index contributed by atoms with van der Waals surface area (Å²) in [4.78, 5) is 13.3. The minimum atomic E-state index is -0.297. The zero-order valence-corrected chi connectivity index (χ0v) is 19.4. The SMILES string of the molecule is C[C@@H](c1ccc(-c2ccccc2)cc1)n1ccc2c(F)ccc(C(=O)NC3CC4(CCC4)C3)c21. The lowest BCUT2D eigenvalue weighted by Crippen LogP contribution is -2.53. The van der Waals surface area contributed by atoms with E-state index in [0.29, 0.717) is 21.9 Å². The number of nitrogens with zero attached hydrogens (tertiary/aromatic N) is 1. The number of hydrogen-bond donors (Lipinski definition) is 1. The van der Waals surface area contributed by atoms with Gasteiger partial charge in [-0.2, -0.15) is 0 Å². The molecular weight excluding hydrogens is 423 g/mol. The molecule has 34 heavy (non-hydrogen) atoms. The first-order valence-electron chi connectivity index (χ1n) is 12.3. The minimum absolute atomic E-state index is 0.0439. The summed E-state index contributed by atoms with van der Waals surface area (Å²) >= 11 is 0. The zero-order valence-electron chi connectivity index (χ0n) is 19.4. The van der Waals surface area contributed by atoms with Crippen molar-refractivity contribution in [3.63, 3.8) is 0 Å². The Hall–Kier alpha value is -3.40. The van der Waals surface area contributed by atoms with Crippen LogP contribution in [0, 0.1) is 11.2 Å². The van der Waals surface area contributed by atoms with Crippen LogP contribution in [-0.2, 0) is 0 Å². The van der Waals surface area contributed by atoms with Crippen LogP contribution >= 0.6 is 0 Å². The third kappa shape index (κ3) is 3.53. The Morgan fingerprint density at radius 1 is 0.971 bits per heavy atom. The fourth-order valence-electron chi connectivity index (χ4n) is 5.94. The molecule has 0 saturated heterocycles. The molecule has 3 aromatic carbocycles. The maximum Gasteiger partial charge on any atom is 0.253 e. The van der Waals surface area contributed by atoms with Crippen molar-refractivity contribution in [2.24, 2.45) is 5.41 Å². The van der Waals surface area contributed by atoms with E-state index in [1.54, 1.807) is 12.1 Å². The van der Waals surface area contributed by atoms with E-state index in [-0.39, 0.29) is 23.8 Å². The highest BCUT2D eigenvalue weighted by Crippen LogP contribution is 2.55. The summed E-state index contributed by atoms with van der Waals surface area (Å²) in [7, 11) is 0. The number of carbonyl (C=O) groups is 1. The Bertz CT molecular complexity index is 1340. The first kappa shape index (κ1) is 21.2. The van der Waals surface area contributed by atoms with Crippen LogP contribution in [0.15, 0.2) is 79.0 Å². The molecule has 1 spiro atoms. The molecule has 3 nitrogen and oxygen atoms in total. The average molecular weight is 453 g/mol. The van der Waals surface area contributed by atoms with Crippen LogP contribution in [0.2, 0.25) is 0 Å². The largest absolute Gasteiger partial charge is 0.349 e. The van der Waals surface area contributed by atoms with E-state index < -0.39 is 0 Å². The van der Waals surface area contributed by atoms with Crippen molar-refractivity contribution < 1.29 is 9.18 Å². The van der Waals surface area contributed by atoms with Gasteiger partial charge in [0.2, 0.25) is 0 Å². The summed E-state index contributed by atoms with van der Waals surface area (Å²) in [6.07, 6.45) is 7.96. The topological polar surface area (TPSA) is 34.0 Å². The van der Waals surface area contributed by atoms with Crippen LogP contribution < -0.4 is 5.32 Å². The van der Waals surface area contributed by atoms with Gasteiger partial charge in [-0.25, -0.2) is 4.39 Å². The lowest BCUT2D eigenvalue weighted by atomic mass is 9.54. The molecule has 0 radical (unpaired) electrons. The van der Waals surface area contributed by atoms with Gasteiger partial charge in [-0.1, -0.05) is 61.0 Å². The fraction of sp³-hybridized carbons (Fsp3) is 0.300.